The number of benzene rings is 1. The zero-order chi connectivity index (χ0) is 14.5. The summed E-state index contributed by atoms with van der Waals surface area (Å²) in [4.78, 5) is 12.1. The highest BCUT2D eigenvalue weighted by Gasteiger charge is 2.17. The Kier molecular flexibility index (Phi) is 5.21. The highest BCUT2D eigenvalue weighted by Crippen LogP contribution is 2.28. The zero-order valence-corrected chi connectivity index (χ0v) is 12.4. The minimum absolute atomic E-state index is 0.114. The van der Waals surface area contributed by atoms with E-state index >= 15 is 0 Å². The van der Waals surface area contributed by atoms with Crippen molar-refractivity contribution in [2.45, 2.75) is 40.2 Å². The second-order valence-electron chi connectivity index (χ2n) is 5.23. The van der Waals surface area contributed by atoms with Gasteiger partial charge in [-0.05, 0) is 52.8 Å². The fraction of sp³-hybridized carbons (Fsp3) is 0.533. The van der Waals surface area contributed by atoms with Crippen molar-refractivity contribution in [1.29, 1.82) is 0 Å². The number of carbonyl (C=O) groups excluding carboxylic acids is 1. The first-order valence-electron chi connectivity index (χ1n) is 6.59. The van der Waals surface area contributed by atoms with E-state index in [2.05, 4.69) is 5.32 Å². The third-order valence-electron chi connectivity index (χ3n) is 2.29. The van der Waals surface area contributed by atoms with Crippen LogP contribution in [-0.4, -0.2) is 24.7 Å². The van der Waals surface area contributed by atoms with Crippen molar-refractivity contribution in [2.75, 3.05) is 13.2 Å². The summed E-state index contributed by atoms with van der Waals surface area (Å²) in [6, 6.07) is 5.23. The van der Waals surface area contributed by atoms with Crippen LogP contribution >= 0.6 is 0 Å². The predicted octanol–water partition coefficient (Wildman–Crippen LogP) is 3.01. The summed E-state index contributed by atoms with van der Waals surface area (Å²) in [5.74, 6) is 1.15. The normalized spacial score (nSPS) is 11.0. The van der Waals surface area contributed by atoms with Crippen molar-refractivity contribution < 1.29 is 14.3 Å². The molecule has 1 aromatic carbocycles. The molecule has 1 amide bonds. The predicted molar refractivity (Wildman–Crippen MR) is 76.0 cm³/mol. The Bertz CT molecular complexity index is 436. The van der Waals surface area contributed by atoms with E-state index in [1.54, 1.807) is 18.2 Å². The van der Waals surface area contributed by atoms with Crippen molar-refractivity contribution >= 4 is 5.91 Å². The molecule has 0 fully saturated rings. The van der Waals surface area contributed by atoms with Crippen LogP contribution in [0.2, 0.25) is 0 Å². The highest BCUT2D eigenvalue weighted by molar-refractivity contribution is 5.95. The Morgan fingerprint density at radius 2 is 1.68 bits per heavy atom. The van der Waals surface area contributed by atoms with E-state index in [4.69, 9.17) is 9.47 Å². The number of hydrogen-bond donors (Lipinski definition) is 1. The van der Waals surface area contributed by atoms with E-state index in [0.29, 0.717) is 30.3 Å². The summed E-state index contributed by atoms with van der Waals surface area (Å²) < 4.78 is 11.0. The molecule has 0 bridgehead atoms. The smallest absolute Gasteiger partial charge is 0.251 e. The fourth-order valence-electron chi connectivity index (χ4n) is 1.61. The molecular weight excluding hydrogens is 242 g/mol. The van der Waals surface area contributed by atoms with Crippen LogP contribution in [0.15, 0.2) is 18.2 Å². The van der Waals surface area contributed by atoms with Crippen molar-refractivity contribution in [1.82, 2.24) is 5.32 Å². The van der Waals surface area contributed by atoms with Crippen LogP contribution in [0.3, 0.4) is 0 Å². The molecule has 0 spiro atoms. The Hall–Kier alpha value is -1.71. The molecule has 0 saturated heterocycles. The molecule has 1 rings (SSSR count). The molecular formula is C15H23NO3. The molecule has 0 aliphatic rings. The maximum absolute atomic E-state index is 12.1. The molecule has 4 nitrogen and oxygen atoms in total. The minimum Gasteiger partial charge on any atom is -0.490 e. The molecule has 106 valence electrons. The van der Waals surface area contributed by atoms with Gasteiger partial charge < -0.3 is 14.8 Å². The SMILES string of the molecule is CCOc1ccc(C(=O)NC(C)(C)C)cc1OCC. The average molecular weight is 265 g/mol. The Morgan fingerprint density at radius 3 is 2.21 bits per heavy atom. The highest BCUT2D eigenvalue weighted by atomic mass is 16.5. The molecule has 0 unspecified atom stereocenters. The zero-order valence-electron chi connectivity index (χ0n) is 12.4. The fourth-order valence-corrected chi connectivity index (χ4v) is 1.61. The van der Waals surface area contributed by atoms with Gasteiger partial charge in [0.15, 0.2) is 11.5 Å². The molecule has 0 radical (unpaired) electrons. The lowest BCUT2D eigenvalue weighted by molar-refractivity contribution is 0.0919. The standard InChI is InChI=1S/C15H23NO3/c1-6-18-12-9-8-11(10-13(12)19-7-2)14(17)16-15(3,4)5/h8-10H,6-7H2,1-5H3,(H,16,17). The molecule has 0 aliphatic carbocycles. The maximum atomic E-state index is 12.1. The molecule has 4 heteroatoms. The van der Waals surface area contributed by atoms with Gasteiger partial charge in [0.1, 0.15) is 0 Å². The molecule has 1 N–H and O–H groups in total. The van der Waals surface area contributed by atoms with Crippen molar-refractivity contribution in [3.05, 3.63) is 23.8 Å². The molecule has 0 saturated carbocycles. The van der Waals surface area contributed by atoms with Crippen molar-refractivity contribution in [3.8, 4) is 11.5 Å². The van der Waals surface area contributed by atoms with Crippen LogP contribution < -0.4 is 14.8 Å². The van der Waals surface area contributed by atoms with Gasteiger partial charge in [0.2, 0.25) is 0 Å². The van der Waals surface area contributed by atoms with Gasteiger partial charge in [-0.25, -0.2) is 0 Å². The number of hydrogen-bond acceptors (Lipinski definition) is 3. The monoisotopic (exact) mass is 265 g/mol. The Labute approximate surface area is 115 Å². The lowest BCUT2D eigenvalue weighted by atomic mass is 10.1. The van der Waals surface area contributed by atoms with Gasteiger partial charge >= 0.3 is 0 Å². The van der Waals surface area contributed by atoms with Crippen molar-refractivity contribution in [3.63, 3.8) is 0 Å². The maximum Gasteiger partial charge on any atom is 0.251 e. The lowest BCUT2D eigenvalue weighted by Crippen LogP contribution is -2.40. The van der Waals surface area contributed by atoms with Crippen LogP contribution in [0.4, 0.5) is 0 Å². The molecule has 0 heterocycles. The van der Waals surface area contributed by atoms with Gasteiger partial charge in [-0.15, -0.1) is 0 Å². The minimum atomic E-state index is -0.262. The summed E-state index contributed by atoms with van der Waals surface area (Å²) in [5, 5.41) is 2.92. The van der Waals surface area contributed by atoms with Gasteiger partial charge in [-0.2, -0.15) is 0 Å². The van der Waals surface area contributed by atoms with Crippen LogP contribution in [0.25, 0.3) is 0 Å². The first-order chi connectivity index (χ1) is 8.87. The first kappa shape index (κ1) is 15.3. The second kappa shape index (κ2) is 6.45. The summed E-state index contributed by atoms with van der Waals surface area (Å²) in [6.45, 7) is 10.8. The second-order valence-corrected chi connectivity index (χ2v) is 5.23. The number of ether oxygens (including phenoxy) is 2. The van der Waals surface area contributed by atoms with Crippen LogP contribution in [-0.2, 0) is 0 Å². The van der Waals surface area contributed by atoms with Gasteiger partial charge in [0.05, 0.1) is 13.2 Å². The molecule has 0 aliphatic heterocycles. The van der Waals surface area contributed by atoms with Gasteiger partial charge in [0.25, 0.3) is 5.91 Å². The van der Waals surface area contributed by atoms with E-state index in [-0.39, 0.29) is 11.4 Å². The Balaban J connectivity index is 2.97. The van der Waals surface area contributed by atoms with Crippen molar-refractivity contribution in [2.24, 2.45) is 0 Å². The Morgan fingerprint density at radius 1 is 1.11 bits per heavy atom. The quantitative estimate of drug-likeness (QED) is 0.890. The lowest BCUT2D eigenvalue weighted by Gasteiger charge is -2.21. The van der Waals surface area contributed by atoms with Crippen LogP contribution in [0.5, 0.6) is 11.5 Å². The van der Waals surface area contributed by atoms with E-state index in [9.17, 15) is 4.79 Å². The van der Waals surface area contributed by atoms with E-state index < -0.39 is 0 Å². The summed E-state index contributed by atoms with van der Waals surface area (Å²) in [6.07, 6.45) is 0. The summed E-state index contributed by atoms with van der Waals surface area (Å²) in [7, 11) is 0. The summed E-state index contributed by atoms with van der Waals surface area (Å²) >= 11 is 0. The molecule has 0 aromatic heterocycles. The average Bonchev–Trinajstić information content (AvgIpc) is 2.29. The number of rotatable bonds is 5. The molecule has 0 atom stereocenters. The van der Waals surface area contributed by atoms with Crippen LogP contribution in [0.1, 0.15) is 45.0 Å². The summed E-state index contributed by atoms with van der Waals surface area (Å²) in [5.41, 5.74) is 0.309. The third kappa shape index (κ3) is 4.81. The van der Waals surface area contributed by atoms with Gasteiger partial charge in [0, 0.05) is 11.1 Å². The topological polar surface area (TPSA) is 47.6 Å². The van der Waals surface area contributed by atoms with Gasteiger partial charge in [-0.3, -0.25) is 4.79 Å². The van der Waals surface area contributed by atoms with Gasteiger partial charge in [-0.1, -0.05) is 0 Å². The van der Waals surface area contributed by atoms with Crippen LogP contribution in [0, 0.1) is 0 Å². The molecule has 19 heavy (non-hydrogen) atoms. The number of amides is 1. The third-order valence-corrected chi connectivity index (χ3v) is 2.29. The first-order valence-corrected chi connectivity index (χ1v) is 6.59. The van der Waals surface area contributed by atoms with E-state index in [1.165, 1.54) is 0 Å². The number of carbonyl (C=O) groups is 1. The molecule has 1 aromatic rings. The number of nitrogens with one attached hydrogen (secondary N) is 1. The van der Waals surface area contributed by atoms with E-state index in [1.807, 2.05) is 34.6 Å². The largest absolute Gasteiger partial charge is 0.490 e. The van der Waals surface area contributed by atoms with E-state index in [0.717, 1.165) is 0 Å².